The molecule has 1 aliphatic carbocycles. The van der Waals surface area contributed by atoms with E-state index in [4.69, 9.17) is 0 Å². The number of benzene rings is 1. The normalized spacial score (nSPS) is 14.2. The third-order valence-electron chi connectivity index (χ3n) is 2.82. The van der Waals surface area contributed by atoms with Gasteiger partial charge in [0.05, 0.1) is 0 Å². The lowest BCUT2D eigenvalue weighted by Crippen LogP contribution is -2.40. The van der Waals surface area contributed by atoms with E-state index < -0.39 is 11.8 Å². The molecule has 0 spiro atoms. The number of carbonyl (C=O) groups is 2. The summed E-state index contributed by atoms with van der Waals surface area (Å²) >= 11 is 0. The van der Waals surface area contributed by atoms with Crippen molar-refractivity contribution in [2.75, 3.05) is 0 Å². The third-order valence-corrected chi connectivity index (χ3v) is 2.82. The van der Waals surface area contributed by atoms with E-state index in [1.165, 1.54) is 0 Å². The summed E-state index contributed by atoms with van der Waals surface area (Å²) in [6, 6.07) is 7.99. The fourth-order valence-electron chi connectivity index (χ4n) is 1.54. The highest BCUT2D eigenvalue weighted by atomic mass is 16.2. The minimum absolute atomic E-state index is 0.215. The lowest BCUT2D eigenvalue weighted by molar-refractivity contribution is -0.139. The number of carbonyl (C=O) groups excluding carboxylic acids is 2. The van der Waals surface area contributed by atoms with Gasteiger partial charge in [-0.25, -0.2) is 0 Å². The first kappa shape index (κ1) is 11.6. The predicted octanol–water partition coefficient (Wildman–Crippen LogP) is 0.890. The van der Waals surface area contributed by atoms with Crippen LogP contribution in [0.5, 0.6) is 0 Å². The fourth-order valence-corrected chi connectivity index (χ4v) is 1.54. The summed E-state index contributed by atoms with van der Waals surface area (Å²) in [5.41, 5.74) is 2.13. The molecule has 0 atom stereocenters. The second-order valence-corrected chi connectivity index (χ2v) is 4.36. The van der Waals surface area contributed by atoms with Gasteiger partial charge >= 0.3 is 11.8 Å². The Morgan fingerprint density at radius 2 is 1.94 bits per heavy atom. The van der Waals surface area contributed by atoms with Gasteiger partial charge in [-0.15, -0.1) is 0 Å². The summed E-state index contributed by atoms with van der Waals surface area (Å²) in [6.45, 7) is 2.37. The van der Waals surface area contributed by atoms with E-state index in [0.717, 1.165) is 24.0 Å². The van der Waals surface area contributed by atoms with Gasteiger partial charge in [0.15, 0.2) is 0 Å². The first-order valence-corrected chi connectivity index (χ1v) is 5.80. The van der Waals surface area contributed by atoms with Gasteiger partial charge in [0, 0.05) is 12.6 Å². The Bertz CT molecular complexity index is 439. The molecule has 0 bridgehead atoms. The van der Waals surface area contributed by atoms with Crippen LogP contribution in [0.4, 0.5) is 0 Å². The molecule has 2 amide bonds. The van der Waals surface area contributed by atoms with Crippen molar-refractivity contribution >= 4 is 11.8 Å². The highest BCUT2D eigenvalue weighted by Gasteiger charge is 2.26. The molecule has 1 aromatic carbocycles. The van der Waals surface area contributed by atoms with Crippen LogP contribution in [0.1, 0.15) is 24.0 Å². The van der Waals surface area contributed by atoms with E-state index in [2.05, 4.69) is 10.6 Å². The SMILES string of the molecule is Cc1ccccc1CNC(=O)C(=O)NC1CC1. The largest absolute Gasteiger partial charge is 0.345 e. The first-order valence-electron chi connectivity index (χ1n) is 5.80. The molecule has 0 unspecified atom stereocenters. The number of aryl methyl sites for hydroxylation is 1. The van der Waals surface area contributed by atoms with Gasteiger partial charge < -0.3 is 10.6 Å². The van der Waals surface area contributed by atoms with Crippen LogP contribution in [-0.2, 0) is 16.1 Å². The van der Waals surface area contributed by atoms with Gasteiger partial charge in [0.25, 0.3) is 0 Å². The Balaban J connectivity index is 1.83. The molecule has 1 aliphatic rings. The van der Waals surface area contributed by atoms with Crippen LogP contribution in [0.3, 0.4) is 0 Å². The summed E-state index contributed by atoms with van der Waals surface area (Å²) < 4.78 is 0. The van der Waals surface area contributed by atoms with Crippen molar-refractivity contribution in [2.45, 2.75) is 32.4 Å². The van der Waals surface area contributed by atoms with Crippen LogP contribution in [0.25, 0.3) is 0 Å². The smallest absolute Gasteiger partial charge is 0.309 e. The molecule has 90 valence electrons. The molecule has 0 aliphatic heterocycles. The van der Waals surface area contributed by atoms with Crippen molar-refractivity contribution < 1.29 is 9.59 Å². The standard InChI is InChI=1S/C13H16N2O2/c1-9-4-2-3-5-10(9)8-14-12(16)13(17)15-11-6-7-11/h2-5,11H,6-8H2,1H3,(H,14,16)(H,15,17). The number of nitrogens with one attached hydrogen (secondary N) is 2. The molecule has 4 nitrogen and oxygen atoms in total. The third kappa shape index (κ3) is 3.31. The van der Waals surface area contributed by atoms with Crippen molar-refractivity contribution in [3.63, 3.8) is 0 Å². The quantitative estimate of drug-likeness (QED) is 0.760. The summed E-state index contributed by atoms with van der Waals surface area (Å²) in [5.74, 6) is -1.08. The molecular weight excluding hydrogens is 216 g/mol. The second kappa shape index (κ2) is 4.99. The van der Waals surface area contributed by atoms with Crippen LogP contribution < -0.4 is 10.6 Å². The second-order valence-electron chi connectivity index (χ2n) is 4.36. The van der Waals surface area contributed by atoms with E-state index >= 15 is 0 Å². The molecule has 4 heteroatoms. The van der Waals surface area contributed by atoms with Crippen molar-refractivity contribution in [3.05, 3.63) is 35.4 Å². The van der Waals surface area contributed by atoms with Crippen molar-refractivity contribution in [2.24, 2.45) is 0 Å². The van der Waals surface area contributed by atoms with Gasteiger partial charge in [-0.2, -0.15) is 0 Å². The van der Waals surface area contributed by atoms with Crippen LogP contribution in [-0.4, -0.2) is 17.9 Å². The van der Waals surface area contributed by atoms with E-state index in [0.29, 0.717) is 6.54 Å². The van der Waals surface area contributed by atoms with Gasteiger partial charge in [-0.05, 0) is 30.9 Å². The van der Waals surface area contributed by atoms with Crippen LogP contribution in [0.15, 0.2) is 24.3 Å². The molecule has 2 N–H and O–H groups in total. The molecule has 1 fully saturated rings. The summed E-state index contributed by atoms with van der Waals surface area (Å²) in [7, 11) is 0. The van der Waals surface area contributed by atoms with E-state index in [1.807, 2.05) is 31.2 Å². The van der Waals surface area contributed by atoms with Crippen molar-refractivity contribution in [3.8, 4) is 0 Å². The summed E-state index contributed by atoms with van der Waals surface area (Å²) in [4.78, 5) is 22.8. The van der Waals surface area contributed by atoms with E-state index in [9.17, 15) is 9.59 Å². The zero-order valence-corrected chi connectivity index (χ0v) is 9.82. The number of hydrogen-bond donors (Lipinski definition) is 2. The molecule has 17 heavy (non-hydrogen) atoms. The molecular formula is C13H16N2O2. The highest BCUT2D eigenvalue weighted by Crippen LogP contribution is 2.18. The number of amides is 2. The van der Waals surface area contributed by atoms with E-state index in [-0.39, 0.29) is 6.04 Å². The maximum Gasteiger partial charge on any atom is 0.309 e. The van der Waals surface area contributed by atoms with Gasteiger partial charge in [-0.1, -0.05) is 24.3 Å². The molecule has 0 aromatic heterocycles. The molecule has 0 saturated heterocycles. The van der Waals surface area contributed by atoms with Crippen molar-refractivity contribution in [1.82, 2.24) is 10.6 Å². The Labute approximate surface area is 100 Å². The molecule has 0 radical (unpaired) electrons. The zero-order valence-electron chi connectivity index (χ0n) is 9.82. The molecule has 2 rings (SSSR count). The average Bonchev–Trinajstić information content (AvgIpc) is 3.11. The molecule has 1 saturated carbocycles. The Morgan fingerprint density at radius 1 is 1.24 bits per heavy atom. The highest BCUT2D eigenvalue weighted by molar-refractivity contribution is 6.35. The monoisotopic (exact) mass is 232 g/mol. The topological polar surface area (TPSA) is 58.2 Å². The fraction of sp³-hybridized carbons (Fsp3) is 0.385. The predicted molar refractivity (Wildman–Crippen MR) is 64.2 cm³/mol. The summed E-state index contributed by atoms with van der Waals surface area (Å²) in [6.07, 6.45) is 1.97. The number of hydrogen-bond acceptors (Lipinski definition) is 2. The minimum atomic E-state index is -0.555. The maximum absolute atomic E-state index is 11.5. The zero-order chi connectivity index (χ0) is 12.3. The Hall–Kier alpha value is -1.84. The van der Waals surface area contributed by atoms with E-state index in [1.54, 1.807) is 0 Å². The molecule has 1 aromatic rings. The van der Waals surface area contributed by atoms with Crippen LogP contribution in [0, 0.1) is 6.92 Å². The van der Waals surface area contributed by atoms with Crippen molar-refractivity contribution in [1.29, 1.82) is 0 Å². The molecule has 0 heterocycles. The van der Waals surface area contributed by atoms with Crippen LogP contribution in [0.2, 0.25) is 0 Å². The minimum Gasteiger partial charge on any atom is -0.345 e. The Morgan fingerprint density at radius 3 is 2.59 bits per heavy atom. The summed E-state index contributed by atoms with van der Waals surface area (Å²) in [5, 5.41) is 5.28. The Kier molecular flexibility index (Phi) is 3.42. The maximum atomic E-state index is 11.5. The van der Waals surface area contributed by atoms with Gasteiger partial charge in [0.2, 0.25) is 0 Å². The number of rotatable bonds is 3. The lowest BCUT2D eigenvalue weighted by atomic mass is 10.1. The average molecular weight is 232 g/mol. The van der Waals surface area contributed by atoms with Gasteiger partial charge in [-0.3, -0.25) is 9.59 Å². The van der Waals surface area contributed by atoms with Gasteiger partial charge in [0.1, 0.15) is 0 Å². The lowest BCUT2D eigenvalue weighted by Gasteiger charge is -2.07. The first-order chi connectivity index (χ1) is 8.16. The van der Waals surface area contributed by atoms with Crippen LogP contribution >= 0.6 is 0 Å².